The average molecular weight is 321 g/mol. The second kappa shape index (κ2) is 6.78. The van der Waals surface area contributed by atoms with Gasteiger partial charge in [-0.2, -0.15) is 0 Å². The molecule has 114 valence electrons. The minimum absolute atomic E-state index is 0.964. The van der Waals surface area contributed by atoms with E-state index in [1.165, 1.54) is 5.56 Å². The molecule has 6 nitrogen and oxygen atoms in total. The minimum atomic E-state index is -4.94. The highest BCUT2D eigenvalue weighted by Crippen LogP contribution is 2.17. The lowest BCUT2D eigenvalue weighted by Crippen LogP contribution is -2.68. The average Bonchev–Trinajstić information content (AvgIpc) is 2.45. The first kappa shape index (κ1) is 16.3. The molecule has 3 rings (SSSR count). The van der Waals surface area contributed by atoms with Crippen LogP contribution in [0.3, 0.4) is 0 Å². The van der Waals surface area contributed by atoms with E-state index in [0.29, 0.717) is 0 Å². The van der Waals surface area contributed by atoms with Crippen LogP contribution in [-0.4, -0.2) is 4.98 Å². The van der Waals surface area contributed by atoms with E-state index in [2.05, 4.69) is 36.2 Å². The summed E-state index contributed by atoms with van der Waals surface area (Å²) < 4.78 is 36.0. The Kier molecular flexibility index (Phi) is 5.02. The van der Waals surface area contributed by atoms with Crippen LogP contribution in [0.1, 0.15) is 5.56 Å². The number of pyridine rings is 1. The molecular weight excluding hydrogens is 308 g/mol. The van der Waals surface area contributed by atoms with Crippen molar-refractivity contribution in [1.82, 2.24) is 4.98 Å². The van der Waals surface area contributed by atoms with Crippen molar-refractivity contribution >= 4 is 5.65 Å². The van der Waals surface area contributed by atoms with Gasteiger partial charge in [-0.15, -0.1) is 10.2 Å². The van der Waals surface area contributed by atoms with Gasteiger partial charge in [0.1, 0.15) is 6.20 Å². The number of benzene rings is 1. The molecule has 3 aromatic rings. The van der Waals surface area contributed by atoms with Crippen LogP contribution in [0.25, 0.3) is 16.9 Å². The van der Waals surface area contributed by atoms with Gasteiger partial charge in [0, 0.05) is 17.7 Å². The second-order valence-electron chi connectivity index (χ2n) is 4.53. The Labute approximate surface area is 129 Å². The number of aryl methyl sites for hydroxylation is 1. The largest absolute Gasteiger partial charge is 0.328 e. The third-order valence-corrected chi connectivity index (χ3v) is 2.81. The molecule has 2 aromatic heterocycles. The number of fused-ring (bicyclic) bond motifs is 1. The van der Waals surface area contributed by atoms with E-state index in [0.717, 1.165) is 16.9 Å². The molecular formula is C15H13ClN2O4. The molecule has 0 aliphatic rings. The number of nitrogens with zero attached hydrogens (tertiary/aromatic N) is 2. The molecule has 0 radical (unpaired) electrons. The van der Waals surface area contributed by atoms with Crippen molar-refractivity contribution in [2.24, 2.45) is 0 Å². The fourth-order valence-electron chi connectivity index (χ4n) is 1.94. The standard InChI is InChI=1S/C15H13N2.ClHO4/c1-12-5-4-6-13(11-12)14-8-10-17-9-3-2-7-15(17)16-14;2-1(3,4)5/h2-11H,1H3;(H,2,3,4,5)/q+1;/p-1. The monoisotopic (exact) mass is 320 g/mol. The molecule has 0 spiro atoms. The molecule has 0 atom stereocenters. The second-order valence-corrected chi connectivity index (χ2v) is 5.28. The van der Waals surface area contributed by atoms with Crippen LogP contribution in [0.15, 0.2) is 60.9 Å². The Bertz CT molecular complexity index is 769. The maximum atomic E-state index is 8.49. The van der Waals surface area contributed by atoms with Crippen molar-refractivity contribution in [2.75, 3.05) is 0 Å². The maximum Gasteiger partial charge on any atom is 0.328 e. The third kappa shape index (κ3) is 5.03. The van der Waals surface area contributed by atoms with Gasteiger partial charge < -0.3 is 0 Å². The number of hydrogen-bond donors (Lipinski definition) is 0. The van der Waals surface area contributed by atoms with Crippen LogP contribution in [0.5, 0.6) is 0 Å². The summed E-state index contributed by atoms with van der Waals surface area (Å²) >= 11 is 0. The van der Waals surface area contributed by atoms with E-state index in [9.17, 15) is 0 Å². The lowest BCUT2D eigenvalue weighted by Gasteiger charge is -2.17. The number of rotatable bonds is 1. The van der Waals surface area contributed by atoms with Crippen LogP contribution < -0.4 is 23.0 Å². The van der Waals surface area contributed by atoms with Crippen molar-refractivity contribution in [1.29, 1.82) is 0 Å². The number of halogens is 1. The molecule has 1 aromatic carbocycles. The highest BCUT2D eigenvalue weighted by molar-refractivity contribution is 5.60. The molecule has 0 bridgehead atoms. The van der Waals surface area contributed by atoms with Crippen LogP contribution in [0.2, 0.25) is 0 Å². The van der Waals surface area contributed by atoms with Crippen molar-refractivity contribution < 1.29 is 33.3 Å². The molecule has 0 unspecified atom stereocenters. The normalized spacial score (nSPS) is 11.0. The van der Waals surface area contributed by atoms with Gasteiger partial charge in [0.05, 0.1) is 6.20 Å². The Morgan fingerprint density at radius 3 is 2.32 bits per heavy atom. The first-order valence-corrected chi connectivity index (χ1v) is 7.52. The van der Waals surface area contributed by atoms with Crippen molar-refractivity contribution in [3.05, 3.63) is 66.5 Å². The van der Waals surface area contributed by atoms with E-state index >= 15 is 0 Å². The fraction of sp³-hybridized carbons (Fsp3) is 0.0667. The SMILES string of the molecule is Cc1cccc(-c2cc[n+]3ccccc3n2)c1.[O-][Cl+3]([O-])([O-])[O-]. The molecule has 0 aliphatic heterocycles. The summed E-state index contributed by atoms with van der Waals surface area (Å²) in [6.45, 7) is 2.10. The van der Waals surface area contributed by atoms with Gasteiger partial charge in [-0.25, -0.2) is 23.0 Å². The van der Waals surface area contributed by atoms with Crippen molar-refractivity contribution in [2.45, 2.75) is 6.92 Å². The summed E-state index contributed by atoms with van der Waals surface area (Å²) in [6.07, 6.45) is 4.04. The van der Waals surface area contributed by atoms with Crippen molar-refractivity contribution in [3.8, 4) is 11.3 Å². The van der Waals surface area contributed by atoms with E-state index in [-0.39, 0.29) is 0 Å². The molecule has 22 heavy (non-hydrogen) atoms. The smallest absolute Gasteiger partial charge is 0.222 e. The van der Waals surface area contributed by atoms with Gasteiger partial charge in [0.2, 0.25) is 0 Å². The van der Waals surface area contributed by atoms with Gasteiger partial charge in [0.25, 0.3) is 0 Å². The summed E-state index contributed by atoms with van der Waals surface area (Å²) in [6, 6.07) is 16.5. The highest BCUT2D eigenvalue weighted by Gasteiger charge is 2.08. The number of hydrogen-bond acceptors (Lipinski definition) is 5. The Morgan fingerprint density at radius 2 is 1.64 bits per heavy atom. The quantitative estimate of drug-likeness (QED) is 0.484. The summed E-state index contributed by atoms with van der Waals surface area (Å²) in [5.74, 6) is 0. The molecule has 0 saturated carbocycles. The topological polar surface area (TPSA) is 109 Å². The van der Waals surface area contributed by atoms with Crippen molar-refractivity contribution in [3.63, 3.8) is 0 Å². The van der Waals surface area contributed by atoms with E-state index in [1.807, 2.05) is 41.1 Å². The lowest BCUT2D eigenvalue weighted by atomic mass is 10.1. The molecule has 7 heteroatoms. The summed E-state index contributed by atoms with van der Waals surface area (Å²) in [5.41, 5.74) is 4.40. The van der Waals surface area contributed by atoms with E-state index in [1.54, 1.807) is 0 Å². The molecule has 0 saturated heterocycles. The predicted octanol–water partition coefficient (Wildman–Crippen LogP) is -1.96. The first-order chi connectivity index (χ1) is 10.3. The van der Waals surface area contributed by atoms with Crippen LogP contribution in [-0.2, 0) is 0 Å². The summed E-state index contributed by atoms with van der Waals surface area (Å²) in [4.78, 5) is 4.65. The third-order valence-electron chi connectivity index (χ3n) is 2.81. The molecule has 0 amide bonds. The summed E-state index contributed by atoms with van der Waals surface area (Å²) in [5, 5.41) is 0. The van der Waals surface area contributed by atoms with Crippen LogP contribution >= 0.6 is 0 Å². The molecule has 0 N–H and O–H groups in total. The van der Waals surface area contributed by atoms with Gasteiger partial charge in [-0.3, -0.25) is 0 Å². The first-order valence-electron chi connectivity index (χ1n) is 6.29. The fourth-order valence-corrected chi connectivity index (χ4v) is 1.94. The van der Waals surface area contributed by atoms with Gasteiger partial charge in [-0.05, 0) is 24.0 Å². The van der Waals surface area contributed by atoms with E-state index < -0.39 is 10.2 Å². The predicted molar refractivity (Wildman–Crippen MR) is 67.6 cm³/mol. The summed E-state index contributed by atoms with van der Waals surface area (Å²) in [7, 11) is -4.94. The zero-order valence-corrected chi connectivity index (χ0v) is 12.4. The minimum Gasteiger partial charge on any atom is -0.222 e. The number of aromatic nitrogens is 2. The Balaban J connectivity index is 0.000000309. The zero-order valence-electron chi connectivity index (χ0n) is 11.7. The van der Waals surface area contributed by atoms with Gasteiger partial charge in [0.15, 0.2) is 5.69 Å². The zero-order chi connectivity index (χ0) is 16.2. The molecule has 2 heterocycles. The highest BCUT2D eigenvalue weighted by atomic mass is 35.7. The molecule has 0 aliphatic carbocycles. The van der Waals surface area contributed by atoms with Gasteiger partial charge >= 0.3 is 5.65 Å². The van der Waals surface area contributed by atoms with E-state index in [4.69, 9.17) is 18.6 Å². The lowest BCUT2D eigenvalue weighted by molar-refractivity contribution is -2.00. The van der Waals surface area contributed by atoms with Crippen LogP contribution in [0, 0.1) is 17.2 Å². The van der Waals surface area contributed by atoms with Gasteiger partial charge in [-0.1, -0.05) is 29.8 Å². The molecule has 0 fully saturated rings. The Morgan fingerprint density at radius 1 is 0.909 bits per heavy atom. The maximum absolute atomic E-state index is 8.49. The Hall–Kier alpha value is -2.09. The van der Waals surface area contributed by atoms with Crippen LogP contribution in [0.4, 0.5) is 0 Å².